The minimum atomic E-state index is -0.558. The SMILES string of the molecule is Cc1cc(C(=O)OC(C)C)ccc1-c1ccc(/C=C(\C#N)C(=O)Nc2ccc(Cl)cc2)o1. The predicted molar refractivity (Wildman–Crippen MR) is 123 cm³/mol. The van der Waals surface area contributed by atoms with Gasteiger partial charge in [-0.15, -0.1) is 0 Å². The van der Waals surface area contributed by atoms with Gasteiger partial charge in [0, 0.05) is 22.3 Å². The van der Waals surface area contributed by atoms with Crippen LogP contribution in [0, 0.1) is 18.3 Å². The highest BCUT2D eigenvalue weighted by molar-refractivity contribution is 6.30. The quantitative estimate of drug-likeness (QED) is 0.283. The molecule has 3 rings (SSSR count). The second-order valence-corrected chi connectivity index (χ2v) is 7.75. The van der Waals surface area contributed by atoms with Gasteiger partial charge in [-0.2, -0.15) is 5.26 Å². The Kier molecular flexibility index (Phi) is 7.14. The summed E-state index contributed by atoms with van der Waals surface area (Å²) in [6.45, 7) is 5.45. The van der Waals surface area contributed by atoms with Crippen molar-refractivity contribution in [2.75, 3.05) is 5.32 Å². The number of carbonyl (C=O) groups excluding carboxylic acids is 2. The maximum atomic E-state index is 12.4. The smallest absolute Gasteiger partial charge is 0.338 e. The van der Waals surface area contributed by atoms with Crippen molar-refractivity contribution in [2.24, 2.45) is 0 Å². The number of nitrogens with zero attached hydrogens (tertiary/aromatic N) is 1. The average molecular weight is 449 g/mol. The van der Waals surface area contributed by atoms with Gasteiger partial charge in [-0.1, -0.05) is 17.7 Å². The number of hydrogen-bond donors (Lipinski definition) is 1. The molecule has 1 aromatic heterocycles. The van der Waals surface area contributed by atoms with Gasteiger partial charge in [-0.05, 0) is 74.9 Å². The van der Waals surface area contributed by atoms with Crippen molar-refractivity contribution in [1.29, 1.82) is 5.26 Å². The van der Waals surface area contributed by atoms with Crippen molar-refractivity contribution >= 4 is 35.2 Å². The van der Waals surface area contributed by atoms with Crippen molar-refractivity contribution in [1.82, 2.24) is 0 Å². The Bertz CT molecular complexity index is 1220. The molecule has 0 spiro atoms. The van der Waals surface area contributed by atoms with E-state index in [0.717, 1.165) is 11.1 Å². The predicted octanol–water partition coefficient (Wildman–Crippen LogP) is 6.02. The number of halogens is 1. The molecule has 0 unspecified atom stereocenters. The molecule has 32 heavy (non-hydrogen) atoms. The van der Waals surface area contributed by atoms with Crippen molar-refractivity contribution in [3.05, 3.63) is 82.1 Å². The molecule has 0 aliphatic carbocycles. The third kappa shape index (κ3) is 5.65. The van der Waals surface area contributed by atoms with Crippen LogP contribution in [0.3, 0.4) is 0 Å². The number of carbonyl (C=O) groups is 2. The Labute approximate surface area is 191 Å². The van der Waals surface area contributed by atoms with E-state index in [2.05, 4.69) is 5.32 Å². The highest BCUT2D eigenvalue weighted by Gasteiger charge is 2.15. The lowest BCUT2D eigenvalue weighted by molar-refractivity contribution is -0.112. The first-order valence-electron chi connectivity index (χ1n) is 9.87. The normalized spacial score (nSPS) is 11.2. The van der Waals surface area contributed by atoms with Gasteiger partial charge in [0.15, 0.2) is 0 Å². The number of esters is 1. The molecule has 0 atom stereocenters. The molecule has 6 nitrogen and oxygen atoms in total. The molecule has 0 aliphatic rings. The van der Waals surface area contributed by atoms with Crippen LogP contribution in [0.5, 0.6) is 0 Å². The maximum Gasteiger partial charge on any atom is 0.338 e. The van der Waals surface area contributed by atoms with Crippen molar-refractivity contribution in [2.45, 2.75) is 26.9 Å². The number of nitrogens with one attached hydrogen (secondary N) is 1. The molecule has 0 fully saturated rings. The lowest BCUT2D eigenvalue weighted by Gasteiger charge is -2.09. The first-order valence-corrected chi connectivity index (χ1v) is 10.2. The van der Waals surface area contributed by atoms with Crippen LogP contribution in [0.15, 0.2) is 64.6 Å². The van der Waals surface area contributed by atoms with Gasteiger partial charge in [0.2, 0.25) is 0 Å². The summed E-state index contributed by atoms with van der Waals surface area (Å²) in [5.41, 5.74) is 2.48. The van der Waals surface area contributed by atoms with E-state index in [0.29, 0.717) is 27.8 Å². The summed E-state index contributed by atoms with van der Waals surface area (Å²) < 4.78 is 11.0. The Morgan fingerprint density at radius 2 is 1.84 bits per heavy atom. The van der Waals surface area contributed by atoms with E-state index in [1.807, 2.05) is 13.0 Å². The molecule has 162 valence electrons. The zero-order valence-corrected chi connectivity index (χ0v) is 18.6. The number of anilines is 1. The number of furan rings is 1. The number of ether oxygens (including phenoxy) is 1. The van der Waals surface area contributed by atoms with E-state index in [1.165, 1.54) is 6.08 Å². The fraction of sp³-hybridized carbons (Fsp3) is 0.160. The van der Waals surface area contributed by atoms with E-state index in [-0.39, 0.29) is 17.6 Å². The van der Waals surface area contributed by atoms with Gasteiger partial charge in [-0.25, -0.2) is 4.79 Å². The van der Waals surface area contributed by atoms with Crippen LogP contribution in [0.25, 0.3) is 17.4 Å². The maximum absolute atomic E-state index is 12.4. The second-order valence-electron chi connectivity index (χ2n) is 7.32. The summed E-state index contributed by atoms with van der Waals surface area (Å²) in [4.78, 5) is 24.5. The van der Waals surface area contributed by atoms with Gasteiger partial charge in [-0.3, -0.25) is 4.79 Å². The van der Waals surface area contributed by atoms with Gasteiger partial charge in [0.25, 0.3) is 5.91 Å². The molecule has 7 heteroatoms. The zero-order valence-electron chi connectivity index (χ0n) is 17.8. The summed E-state index contributed by atoms with van der Waals surface area (Å²) in [5, 5.41) is 12.6. The summed E-state index contributed by atoms with van der Waals surface area (Å²) in [6.07, 6.45) is 1.17. The summed E-state index contributed by atoms with van der Waals surface area (Å²) in [6, 6.07) is 17.0. The molecule has 1 amide bonds. The van der Waals surface area contributed by atoms with E-state index in [4.69, 9.17) is 20.8 Å². The fourth-order valence-electron chi connectivity index (χ4n) is 2.95. The fourth-order valence-corrected chi connectivity index (χ4v) is 3.07. The van der Waals surface area contributed by atoms with Crippen molar-refractivity contribution in [3.8, 4) is 17.4 Å². The van der Waals surface area contributed by atoms with Crippen LogP contribution < -0.4 is 5.32 Å². The summed E-state index contributed by atoms with van der Waals surface area (Å²) >= 11 is 5.84. The number of nitriles is 1. The number of amides is 1. The van der Waals surface area contributed by atoms with E-state index in [1.54, 1.807) is 68.4 Å². The van der Waals surface area contributed by atoms with Crippen LogP contribution in [-0.4, -0.2) is 18.0 Å². The van der Waals surface area contributed by atoms with E-state index in [9.17, 15) is 14.9 Å². The largest absolute Gasteiger partial charge is 0.459 e. The lowest BCUT2D eigenvalue weighted by Crippen LogP contribution is -2.13. The molecule has 1 N–H and O–H groups in total. The summed E-state index contributed by atoms with van der Waals surface area (Å²) in [7, 11) is 0. The minimum absolute atomic E-state index is 0.107. The van der Waals surface area contributed by atoms with E-state index >= 15 is 0 Å². The van der Waals surface area contributed by atoms with E-state index < -0.39 is 5.91 Å². The van der Waals surface area contributed by atoms with Gasteiger partial charge in [0.05, 0.1) is 11.7 Å². The number of benzene rings is 2. The van der Waals surface area contributed by atoms with Gasteiger partial charge < -0.3 is 14.5 Å². The molecule has 2 aromatic carbocycles. The topological polar surface area (TPSA) is 92.3 Å². The molecule has 0 saturated heterocycles. The highest BCUT2D eigenvalue weighted by Crippen LogP contribution is 2.28. The Morgan fingerprint density at radius 1 is 1.12 bits per heavy atom. The highest BCUT2D eigenvalue weighted by atomic mass is 35.5. The van der Waals surface area contributed by atoms with Crippen LogP contribution in [0.2, 0.25) is 5.02 Å². The molecule has 0 bridgehead atoms. The Hall–Kier alpha value is -3.82. The number of aryl methyl sites for hydroxylation is 1. The molecule has 0 aliphatic heterocycles. The molecular formula is C25H21ClN2O4. The lowest BCUT2D eigenvalue weighted by atomic mass is 10.0. The molecule has 3 aromatic rings. The van der Waals surface area contributed by atoms with Gasteiger partial charge in [0.1, 0.15) is 23.2 Å². The molecule has 1 heterocycles. The monoisotopic (exact) mass is 448 g/mol. The Morgan fingerprint density at radius 3 is 2.47 bits per heavy atom. The van der Waals surface area contributed by atoms with Crippen LogP contribution in [-0.2, 0) is 9.53 Å². The third-order valence-corrected chi connectivity index (χ3v) is 4.70. The third-order valence-electron chi connectivity index (χ3n) is 4.45. The molecular weight excluding hydrogens is 428 g/mol. The van der Waals surface area contributed by atoms with Crippen LogP contribution >= 0.6 is 11.6 Å². The van der Waals surface area contributed by atoms with Crippen LogP contribution in [0.4, 0.5) is 5.69 Å². The standard InChI is InChI=1S/C25H21ClN2O4/c1-15(2)31-25(30)17-4-10-22(16(3)12-17)23-11-9-21(32-23)13-18(14-27)24(29)28-20-7-5-19(26)6-8-20/h4-13,15H,1-3H3,(H,28,29)/b18-13+. The minimum Gasteiger partial charge on any atom is -0.459 e. The van der Waals surface area contributed by atoms with Crippen molar-refractivity contribution in [3.63, 3.8) is 0 Å². The average Bonchev–Trinajstić information content (AvgIpc) is 3.21. The molecule has 0 radical (unpaired) electrons. The summed E-state index contributed by atoms with van der Waals surface area (Å²) in [5.74, 6) is -0.0431. The number of hydrogen-bond acceptors (Lipinski definition) is 5. The van der Waals surface area contributed by atoms with Crippen molar-refractivity contribution < 1.29 is 18.7 Å². The number of rotatable bonds is 6. The zero-order chi connectivity index (χ0) is 23.3. The molecule has 0 saturated carbocycles. The van der Waals surface area contributed by atoms with Gasteiger partial charge >= 0.3 is 5.97 Å². The Balaban J connectivity index is 1.78. The first-order chi connectivity index (χ1) is 15.3. The van der Waals surface area contributed by atoms with Crippen LogP contribution in [0.1, 0.15) is 35.5 Å². The second kappa shape index (κ2) is 9.99. The first kappa shape index (κ1) is 22.9.